The highest BCUT2D eigenvalue weighted by Gasteiger charge is 2.30. The van der Waals surface area contributed by atoms with Crippen molar-refractivity contribution in [1.82, 2.24) is 9.62 Å². The van der Waals surface area contributed by atoms with Gasteiger partial charge in [0.2, 0.25) is 10.0 Å². The number of hydrogen-bond donors (Lipinski definition) is 2. The van der Waals surface area contributed by atoms with Crippen LogP contribution < -0.4 is 10.2 Å². The summed E-state index contributed by atoms with van der Waals surface area (Å²) in [6.07, 6.45) is 0. The van der Waals surface area contributed by atoms with Crippen LogP contribution in [0.4, 0.5) is 0 Å². The minimum Gasteiger partial charge on any atom is -0.344 e. The maximum atomic E-state index is 12.6. The summed E-state index contributed by atoms with van der Waals surface area (Å²) in [6.45, 7) is 4.57. The van der Waals surface area contributed by atoms with Crippen LogP contribution in [0.5, 0.6) is 0 Å². The average molecular weight is 409 g/mol. The Bertz CT molecular complexity index is 830. The van der Waals surface area contributed by atoms with Gasteiger partial charge in [-0.25, -0.2) is 8.42 Å². The zero-order valence-corrected chi connectivity index (χ0v) is 17.1. The van der Waals surface area contributed by atoms with Gasteiger partial charge < -0.3 is 10.2 Å². The van der Waals surface area contributed by atoms with Crippen LogP contribution in [0.2, 0.25) is 0 Å². The maximum absolute atomic E-state index is 12.6. The van der Waals surface area contributed by atoms with Gasteiger partial charge in [0.15, 0.2) is 6.54 Å². The number of carbonyl (C=O) groups is 1. The molecule has 2 heterocycles. The lowest BCUT2D eigenvalue weighted by Crippen LogP contribution is -3.15. The molecule has 2 N–H and O–H groups in total. The second kappa shape index (κ2) is 8.97. The van der Waals surface area contributed by atoms with Crippen molar-refractivity contribution in [1.29, 1.82) is 0 Å². The van der Waals surface area contributed by atoms with Crippen molar-refractivity contribution in [3.8, 4) is 0 Å². The fourth-order valence-electron chi connectivity index (χ4n) is 3.26. The number of carbonyl (C=O) groups excluding carboxylic acids is 1. The normalized spacial score (nSPS) is 17.5. The second-order valence-electron chi connectivity index (χ2n) is 6.87. The molecule has 1 amide bonds. The van der Waals surface area contributed by atoms with Crippen molar-refractivity contribution in [3.63, 3.8) is 0 Å². The molecule has 2 aromatic rings. The lowest BCUT2D eigenvalue weighted by molar-refractivity contribution is -0.895. The molecule has 0 unspecified atom stereocenters. The fourth-order valence-corrected chi connectivity index (χ4v) is 5.53. The largest absolute Gasteiger partial charge is 0.344 e. The molecule has 0 radical (unpaired) electrons. The first-order valence-corrected chi connectivity index (χ1v) is 11.6. The quantitative estimate of drug-likeness (QED) is 0.707. The third-order valence-electron chi connectivity index (χ3n) is 4.77. The number of piperazine rings is 1. The summed E-state index contributed by atoms with van der Waals surface area (Å²) in [4.78, 5) is 14.5. The van der Waals surface area contributed by atoms with E-state index in [4.69, 9.17) is 0 Å². The highest BCUT2D eigenvalue weighted by Crippen LogP contribution is 2.17. The lowest BCUT2D eigenvalue weighted by Gasteiger charge is -2.31. The van der Waals surface area contributed by atoms with Gasteiger partial charge in [0.05, 0.1) is 38.0 Å². The molecule has 1 aromatic carbocycles. The third kappa shape index (κ3) is 5.62. The number of nitrogens with zero attached hydrogens (tertiary/aromatic N) is 1. The monoisotopic (exact) mass is 408 g/mol. The van der Waals surface area contributed by atoms with Crippen LogP contribution in [0.1, 0.15) is 23.4 Å². The van der Waals surface area contributed by atoms with Crippen LogP contribution in [0, 0.1) is 0 Å². The molecule has 27 heavy (non-hydrogen) atoms. The molecule has 8 heteroatoms. The molecule has 1 aromatic heterocycles. The second-order valence-corrected chi connectivity index (χ2v) is 9.82. The molecule has 1 fully saturated rings. The third-order valence-corrected chi connectivity index (χ3v) is 7.68. The summed E-state index contributed by atoms with van der Waals surface area (Å²) >= 11 is 1.63. The molecule has 3 rings (SSSR count). The SMILES string of the molecule is C[C@H](NC(=O)C[NH+]1CCN(S(=O)(=O)Cc2ccccc2)CC1)c1cccs1. The van der Waals surface area contributed by atoms with Gasteiger partial charge in [-0.1, -0.05) is 36.4 Å². The Balaban J connectivity index is 1.46. The number of sulfonamides is 1. The van der Waals surface area contributed by atoms with Gasteiger partial charge in [0, 0.05) is 4.88 Å². The van der Waals surface area contributed by atoms with Gasteiger partial charge in [-0.15, -0.1) is 11.3 Å². The summed E-state index contributed by atoms with van der Waals surface area (Å²) < 4.78 is 26.7. The van der Waals surface area contributed by atoms with Crippen molar-refractivity contribution in [2.75, 3.05) is 32.7 Å². The Hall–Kier alpha value is -1.74. The van der Waals surface area contributed by atoms with Crippen molar-refractivity contribution >= 4 is 27.3 Å². The Morgan fingerprint density at radius 3 is 2.52 bits per heavy atom. The van der Waals surface area contributed by atoms with Crippen molar-refractivity contribution in [2.24, 2.45) is 0 Å². The Morgan fingerprint density at radius 2 is 1.89 bits per heavy atom. The molecule has 146 valence electrons. The minimum absolute atomic E-state index is 0.00411. The molecule has 6 nitrogen and oxygen atoms in total. The van der Waals surface area contributed by atoms with E-state index in [1.807, 2.05) is 54.8 Å². The van der Waals surface area contributed by atoms with Crippen molar-refractivity contribution < 1.29 is 18.1 Å². The summed E-state index contributed by atoms with van der Waals surface area (Å²) in [7, 11) is -3.32. The molecular weight excluding hydrogens is 382 g/mol. The van der Waals surface area contributed by atoms with Crippen molar-refractivity contribution in [3.05, 3.63) is 58.3 Å². The van der Waals surface area contributed by atoms with Gasteiger partial charge in [-0.2, -0.15) is 4.31 Å². The maximum Gasteiger partial charge on any atom is 0.275 e. The van der Waals surface area contributed by atoms with Crippen LogP contribution in [0.3, 0.4) is 0 Å². The molecule has 1 atom stereocenters. The van der Waals surface area contributed by atoms with E-state index in [2.05, 4.69) is 5.32 Å². The molecule has 0 aliphatic carbocycles. The van der Waals surface area contributed by atoms with Crippen molar-refractivity contribution in [2.45, 2.75) is 18.7 Å². The van der Waals surface area contributed by atoms with Crippen LogP contribution in [0.15, 0.2) is 47.8 Å². The number of benzene rings is 1. The number of nitrogens with one attached hydrogen (secondary N) is 2. The summed E-state index contributed by atoms with van der Waals surface area (Å²) in [5.74, 6) is 0.0358. The highest BCUT2D eigenvalue weighted by atomic mass is 32.2. The van der Waals surface area contributed by atoms with Crippen LogP contribution in [-0.4, -0.2) is 51.4 Å². The average Bonchev–Trinajstić information content (AvgIpc) is 3.17. The van der Waals surface area contributed by atoms with Gasteiger partial charge in [0.1, 0.15) is 0 Å². The molecule has 1 saturated heterocycles. The van der Waals surface area contributed by atoms with E-state index >= 15 is 0 Å². The van der Waals surface area contributed by atoms with E-state index < -0.39 is 10.0 Å². The predicted octanol–water partition coefficient (Wildman–Crippen LogP) is 0.656. The number of quaternary nitrogens is 1. The Labute approximate surface area is 164 Å². The van der Waals surface area contributed by atoms with Crippen LogP contribution in [-0.2, 0) is 20.6 Å². The lowest BCUT2D eigenvalue weighted by atomic mass is 10.2. The Morgan fingerprint density at radius 1 is 1.19 bits per heavy atom. The fraction of sp³-hybridized carbons (Fsp3) is 0.421. The first kappa shape index (κ1) is 20.0. The van der Waals surface area contributed by atoms with Crippen LogP contribution >= 0.6 is 11.3 Å². The molecule has 0 saturated carbocycles. The molecule has 0 spiro atoms. The number of hydrogen-bond acceptors (Lipinski definition) is 4. The van der Waals surface area contributed by atoms with Gasteiger partial charge in [-0.05, 0) is 23.9 Å². The molecule has 1 aliphatic heterocycles. The predicted molar refractivity (Wildman–Crippen MR) is 107 cm³/mol. The molecule has 0 bridgehead atoms. The zero-order valence-electron chi connectivity index (χ0n) is 15.4. The Kier molecular flexibility index (Phi) is 6.64. The van der Waals surface area contributed by atoms with E-state index in [1.165, 1.54) is 0 Å². The number of thiophene rings is 1. The van der Waals surface area contributed by atoms with E-state index in [0.717, 1.165) is 15.3 Å². The van der Waals surface area contributed by atoms with E-state index in [9.17, 15) is 13.2 Å². The van der Waals surface area contributed by atoms with Gasteiger partial charge in [-0.3, -0.25) is 4.79 Å². The molecular formula is C19H26N3O3S2+. The standard InChI is InChI=1S/C19H25N3O3S2/c1-16(18-8-5-13-26-18)20-19(23)14-21-9-11-22(12-10-21)27(24,25)15-17-6-3-2-4-7-17/h2-8,13,16H,9-12,14-15H2,1H3,(H,20,23)/p+1/t16-/m0/s1. The topological polar surface area (TPSA) is 70.9 Å². The summed E-state index contributed by atoms with van der Waals surface area (Å²) in [5.41, 5.74) is 0.800. The number of amides is 1. The van der Waals surface area contributed by atoms with E-state index in [1.54, 1.807) is 15.6 Å². The smallest absolute Gasteiger partial charge is 0.275 e. The van der Waals surface area contributed by atoms with Gasteiger partial charge >= 0.3 is 0 Å². The summed E-state index contributed by atoms with van der Waals surface area (Å²) in [6, 6.07) is 13.2. The number of rotatable bonds is 7. The highest BCUT2D eigenvalue weighted by molar-refractivity contribution is 7.88. The first-order chi connectivity index (χ1) is 12.9. The zero-order chi connectivity index (χ0) is 19.3. The molecule has 1 aliphatic rings. The van der Waals surface area contributed by atoms with Gasteiger partial charge in [0.25, 0.3) is 5.91 Å². The van der Waals surface area contributed by atoms with E-state index in [0.29, 0.717) is 32.7 Å². The summed E-state index contributed by atoms with van der Waals surface area (Å²) in [5, 5.41) is 5.02. The minimum atomic E-state index is -3.32. The van der Waals surface area contributed by atoms with Crippen LogP contribution in [0.25, 0.3) is 0 Å². The van der Waals surface area contributed by atoms with E-state index in [-0.39, 0.29) is 17.7 Å². The first-order valence-electron chi connectivity index (χ1n) is 9.12.